The first-order valence-electron chi connectivity index (χ1n) is 4.26. The summed E-state index contributed by atoms with van der Waals surface area (Å²) in [5, 5.41) is 0.522. The zero-order valence-electron chi connectivity index (χ0n) is 7.00. The summed E-state index contributed by atoms with van der Waals surface area (Å²) in [5.41, 5.74) is 6.98. The van der Waals surface area contributed by atoms with Crippen LogP contribution in [0.2, 0.25) is 5.15 Å². The van der Waals surface area contributed by atoms with E-state index in [4.69, 9.17) is 17.3 Å². The van der Waals surface area contributed by atoms with Gasteiger partial charge < -0.3 is 5.73 Å². The summed E-state index contributed by atoms with van der Waals surface area (Å²) in [6.45, 7) is 0. The van der Waals surface area contributed by atoms with E-state index in [1.807, 2.05) is 12.1 Å². The SMILES string of the molecule is N[C@@H](c1ccc(Br)nc1Cl)C1CC1. The Kier molecular flexibility index (Phi) is 2.58. The number of aromatic nitrogens is 1. The van der Waals surface area contributed by atoms with Gasteiger partial charge in [-0.25, -0.2) is 4.98 Å². The molecule has 2 rings (SSSR count). The van der Waals surface area contributed by atoms with Crippen LogP contribution in [0, 0.1) is 5.92 Å². The normalized spacial score (nSPS) is 18.7. The summed E-state index contributed by atoms with van der Waals surface area (Å²) in [5.74, 6) is 0.612. The van der Waals surface area contributed by atoms with Crippen molar-refractivity contribution < 1.29 is 0 Å². The maximum absolute atomic E-state index is 6.01. The van der Waals surface area contributed by atoms with E-state index in [2.05, 4.69) is 20.9 Å². The lowest BCUT2D eigenvalue weighted by molar-refractivity contribution is 0.631. The van der Waals surface area contributed by atoms with Gasteiger partial charge in [0.1, 0.15) is 9.76 Å². The second-order valence-electron chi connectivity index (χ2n) is 3.38. The van der Waals surface area contributed by atoms with Gasteiger partial charge in [0.05, 0.1) is 0 Å². The largest absolute Gasteiger partial charge is 0.324 e. The first kappa shape index (κ1) is 9.44. The fourth-order valence-electron chi connectivity index (χ4n) is 1.38. The summed E-state index contributed by atoms with van der Waals surface area (Å²) in [7, 11) is 0. The predicted octanol–water partition coefficient (Wildman–Crippen LogP) is 2.91. The van der Waals surface area contributed by atoms with Gasteiger partial charge in [-0.1, -0.05) is 17.7 Å². The lowest BCUT2D eigenvalue weighted by Gasteiger charge is -2.11. The zero-order chi connectivity index (χ0) is 9.42. The number of halogens is 2. The van der Waals surface area contributed by atoms with Crippen LogP contribution in [-0.4, -0.2) is 4.98 Å². The van der Waals surface area contributed by atoms with Gasteiger partial charge in [-0.05, 0) is 40.8 Å². The van der Waals surface area contributed by atoms with Crippen LogP contribution in [0.4, 0.5) is 0 Å². The number of rotatable bonds is 2. The van der Waals surface area contributed by atoms with Gasteiger partial charge in [-0.15, -0.1) is 0 Å². The summed E-state index contributed by atoms with van der Waals surface area (Å²) < 4.78 is 0.754. The molecule has 1 heterocycles. The topological polar surface area (TPSA) is 38.9 Å². The van der Waals surface area contributed by atoms with Crippen LogP contribution in [-0.2, 0) is 0 Å². The lowest BCUT2D eigenvalue weighted by atomic mass is 10.1. The van der Waals surface area contributed by atoms with E-state index in [0.717, 1.165) is 10.2 Å². The number of nitrogens with two attached hydrogens (primary N) is 1. The lowest BCUT2D eigenvalue weighted by Crippen LogP contribution is -2.13. The van der Waals surface area contributed by atoms with E-state index >= 15 is 0 Å². The predicted molar refractivity (Wildman–Crippen MR) is 56.6 cm³/mol. The van der Waals surface area contributed by atoms with Gasteiger partial charge in [-0.2, -0.15) is 0 Å². The molecule has 1 saturated carbocycles. The summed E-state index contributed by atoms with van der Waals surface area (Å²) in [6, 6.07) is 3.89. The number of pyridine rings is 1. The molecule has 1 fully saturated rings. The van der Waals surface area contributed by atoms with Gasteiger partial charge in [0.15, 0.2) is 0 Å². The van der Waals surface area contributed by atoms with Crippen LogP contribution in [0.5, 0.6) is 0 Å². The van der Waals surface area contributed by atoms with Gasteiger partial charge in [-0.3, -0.25) is 0 Å². The molecule has 0 bridgehead atoms. The average molecular weight is 262 g/mol. The van der Waals surface area contributed by atoms with Crippen LogP contribution >= 0.6 is 27.5 Å². The van der Waals surface area contributed by atoms with Crippen LogP contribution in [0.15, 0.2) is 16.7 Å². The van der Waals surface area contributed by atoms with Crippen LogP contribution in [0.1, 0.15) is 24.4 Å². The van der Waals surface area contributed by atoms with Crippen LogP contribution in [0.25, 0.3) is 0 Å². The van der Waals surface area contributed by atoms with Gasteiger partial charge in [0.2, 0.25) is 0 Å². The quantitative estimate of drug-likeness (QED) is 0.832. The van der Waals surface area contributed by atoms with E-state index in [1.165, 1.54) is 12.8 Å². The maximum Gasteiger partial charge on any atom is 0.135 e. The number of hydrogen-bond acceptors (Lipinski definition) is 2. The summed E-state index contributed by atoms with van der Waals surface area (Å²) in [4.78, 5) is 4.11. The summed E-state index contributed by atoms with van der Waals surface area (Å²) in [6.07, 6.45) is 2.43. The molecule has 70 valence electrons. The second-order valence-corrected chi connectivity index (χ2v) is 4.55. The third-order valence-electron chi connectivity index (χ3n) is 2.33. The molecule has 13 heavy (non-hydrogen) atoms. The van der Waals surface area contributed by atoms with E-state index in [9.17, 15) is 0 Å². The molecule has 1 aromatic heterocycles. The monoisotopic (exact) mass is 260 g/mol. The molecule has 0 aliphatic heterocycles. The highest BCUT2D eigenvalue weighted by Crippen LogP contribution is 2.41. The van der Waals surface area contributed by atoms with Gasteiger partial charge in [0.25, 0.3) is 0 Å². The molecule has 0 unspecified atom stereocenters. The molecule has 4 heteroatoms. The van der Waals surface area contributed by atoms with Crippen molar-refractivity contribution in [1.29, 1.82) is 0 Å². The Morgan fingerprint density at radius 1 is 1.54 bits per heavy atom. The van der Waals surface area contributed by atoms with E-state index in [0.29, 0.717) is 11.1 Å². The minimum atomic E-state index is 0.0631. The third kappa shape index (κ3) is 2.03. The van der Waals surface area contributed by atoms with Gasteiger partial charge in [0, 0.05) is 11.6 Å². The second kappa shape index (κ2) is 3.56. The standard InChI is InChI=1S/C9H10BrClN2/c10-7-4-3-6(9(11)13-7)8(12)5-1-2-5/h3-5,8H,1-2,12H2/t8-/m1/s1. The molecule has 0 aromatic carbocycles. The maximum atomic E-state index is 6.01. The smallest absolute Gasteiger partial charge is 0.135 e. The van der Waals surface area contributed by atoms with Crippen LogP contribution < -0.4 is 5.73 Å². The Balaban J connectivity index is 2.28. The van der Waals surface area contributed by atoms with Crippen molar-refractivity contribution in [2.45, 2.75) is 18.9 Å². The van der Waals surface area contributed by atoms with Crippen molar-refractivity contribution in [3.63, 3.8) is 0 Å². The molecule has 0 radical (unpaired) electrons. The van der Waals surface area contributed by atoms with Crippen molar-refractivity contribution >= 4 is 27.5 Å². The van der Waals surface area contributed by atoms with Crippen molar-refractivity contribution in [2.75, 3.05) is 0 Å². The first-order chi connectivity index (χ1) is 6.18. The Morgan fingerprint density at radius 2 is 2.23 bits per heavy atom. The van der Waals surface area contributed by atoms with Crippen molar-refractivity contribution in [2.24, 2.45) is 11.7 Å². The highest BCUT2D eigenvalue weighted by molar-refractivity contribution is 9.10. The molecular weight excluding hydrogens is 251 g/mol. The summed E-state index contributed by atoms with van der Waals surface area (Å²) >= 11 is 9.24. The molecule has 1 aliphatic carbocycles. The van der Waals surface area contributed by atoms with Gasteiger partial charge >= 0.3 is 0 Å². The van der Waals surface area contributed by atoms with E-state index in [1.54, 1.807) is 0 Å². The Hall–Kier alpha value is -0.120. The molecule has 1 aromatic rings. The van der Waals surface area contributed by atoms with Crippen LogP contribution in [0.3, 0.4) is 0 Å². The molecule has 2 nitrogen and oxygen atoms in total. The molecule has 0 amide bonds. The average Bonchev–Trinajstić information content (AvgIpc) is 2.85. The highest BCUT2D eigenvalue weighted by Gasteiger charge is 2.30. The Bertz CT molecular complexity index is 325. The van der Waals surface area contributed by atoms with Crippen molar-refractivity contribution in [3.8, 4) is 0 Å². The number of nitrogens with zero attached hydrogens (tertiary/aromatic N) is 1. The Labute approximate surface area is 90.6 Å². The molecule has 1 atom stereocenters. The molecule has 1 aliphatic rings. The minimum Gasteiger partial charge on any atom is -0.324 e. The fourth-order valence-corrected chi connectivity index (χ4v) is 2.07. The zero-order valence-corrected chi connectivity index (χ0v) is 9.35. The Morgan fingerprint density at radius 3 is 2.77 bits per heavy atom. The molecule has 0 spiro atoms. The molecule has 0 saturated heterocycles. The first-order valence-corrected chi connectivity index (χ1v) is 5.43. The van der Waals surface area contributed by atoms with Crippen molar-refractivity contribution in [1.82, 2.24) is 4.98 Å². The molecule has 2 N–H and O–H groups in total. The highest BCUT2D eigenvalue weighted by atomic mass is 79.9. The fraction of sp³-hybridized carbons (Fsp3) is 0.444. The third-order valence-corrected chi connectivity index (χ3v) is 3.08. The number of hydrogen-bond donors (Lipinski definition) is 1. The molecular formula is C9H10BrClN2. The minimum absolute atomic E-state index is 0.0631. The van der Waals surface area contributed by atoms with E-state index < -0.39 is 0 Å². The van der Waals surface area contributed by atoms with Crippen molar-refractivity contribution in [3.05, 3.63) is 27.5 Å². The van der Waals surface area contributed by atoms with E-state index in [-0.39, 0.29) is 6.04 Å².